The molecular weight excluding hydrogens is 695 g/mol. The molecule has 0 aromatic carbocycles. The minimum absolute atomic E-state index is 0.0769. The zero-order chi connectivity index (χ0) is 40.0. The molecule has 3 unspecified atom stereocenters. The van der Waals surface area contributed by atoms with Crippen molar-refractivity contribution in [2.75, 3.05) is 40.9 Å². The van der Waals surface area contributed by atoms with Crippen molar-refractivity contribution in [3.8, 4) is 0 Å². The van der Waals surface area contributed by atoms with Gasteiger partial charge in [0.2, 0.25) is 5.91 Å². The monoisotopic (exact) mass is 790 g/mol. The normalized spacial score (nSPS) is 14.3. The fraction of sp³-hybridized carbons (Fsp3) is 0.978. The van der Waals surface area contributed by atoms with E-state index in [-0.39, 0.29) is 19.1 Å². The van der Waals surface area contributed by atoms with Crippen LogP contribution in [0.3, 0.4) is 0 Å². The molecule has 0 spiro atoms. The highest BCUT2D eigenvalue weighted by Gasteiger charge is 2.28. The number of amides is 1. The first kappa shape index (κ1) is 53.5. The molecule has 0 rings (SSSR count). The van der Waals surface area contributed by atoms with Crippen molar-refractivity contribution in [2.45, 2.75) is 244 Å². The molecule has 0 bridgehead atoms. The van der Waals surface area contributed by atoms with Gasteiger partial charge in [-0.2, -0.15) is 0 Å². The van der Waals surface area contributed by atoms with Gasteiger partial charge in [0.25, 0.3) is 0 Å². The summed E-state index contributed by atoms with van der Waals surface area (Å²) in [6.45, 7) is 4.79. The number of carbonyl (C=O) groups is 1. The molecule has 0 aliphatic heterocycles. The van der Waals surface area contributed by atoms with E-state index in [1.165, 1.54) is 161 Å². The number of nitrogens with one attached hydrogen (secondary N) is 1. The van der Waals surface area contributed by atoms with Crippen LogP contribution in [0.2, 0.25) is 0 Å². The number of hydrogen-bond acceptors (Lipinski definition) is 5. The number of likely N-dealkylation sites (N-methyl/N-ethyl adjacent to an activating group) is 1. The molecule has 0 fully saturated rings. The third-order valence-electron chi connectivity index (χ3n) is 10.9. The van der Waals surface area contributed by atoms with Crippen molar-refractivity contribution < 1.29 is 32.9 Å². The number of rotatable bonds is 43. The zero-order valence-electron chi connectivity index (χ0n) is 36.7. The topological polar surface area (TPSA) is 105 Å². The fourth-order valence-corrected chi connectivity index (χ4v) is 7.84. The number of nitrogens with zero attached hydrogens (tertiary/aromatic N) is 1. The van der Waals surface area contributed by atoms with E-state index < -0.39 is 20.0 Å². The fourth-order valence-electron chi connectivity index (χ4n) is 7.11. The molecule has 54 heavy (non-hydrogen) atoms. The second-order valence-corrected chi connectivity index (χ2v) is 19.0. The Morgan fingerprint density at radius 2 is 0.889 bits per heavy atom. The number of aliphatic hydroxyl groups is 1. The number of carbonyl (C=O) groups excluding carboxylic acids is 1. The third kappa shape index (κ3) is 39.7. The van der Waals surface area contributed by atoms with Gasteiger partial charge >= 0.3 is 7.82 Å². The Morgan fingerprint density at radius 3 is 1.24 bits per heavy atom. The van der Waals surface area contributed by atoms with Crippen molar-refractivity contribution in [3.05, 3.63) is 0 Å². The van der Waals surface area contributed by atoms with E-state index in [2.05, 4.69) is 19.2 Å². The average Bonchev–Trinajstić information content (AvgIpc) is 3.12. The van der Waals surface area contributed by atoms with Gasteiger partial charge in [0, 0.05) is 6.42 Å². The molecule has 0 aliphatic rings. The summed E-state index contributed by atoms with van der Waals surface area (Å²) in [6.07, 6.45) is 42.2. The van der Waals surface area contributed by atoms with Gasteiger partial charge in [-0.25, -0.2) is 4.57 Å². The lowest BCUT2D eigenvalue weighted by atomic mass is 10.0. The molecule has 1 amide bonds. The van der Waals surface area contributed by atoms with Crippen molar-refractivity contribution >= 4 is 13.7 Å². The number of hydrogen-bond donors (Lipinski definition) is 3. The van der Waals surface area contributed by atoms with E-state index in [0.717, 1.165) is 44.9 Å². The van der Waals surface area contributed by atoms with Gasteiger partial charge < -0.3 is 19.8 Å². The van der Waals surface area contributed by atoms with Crippen LogP contribution in [0, 0.1) is 0 Å². The Hall–Kier alpha value is -0.500. The van der Waals surface area contributed by atoms with Crippen LogP contribution in [0.4, 0.5) is 0 Å². The summed E-state index contributed by atoms with van der Waals surface area (Å²) >= 11 is 0. The molecule has 0 radical (unpaired) electrons. The molecule has 9 heteroatoms. The Kier molecular flexibility index (Phi) is 37.7. The first-order valence-electron chi connectivity index (χ1n) is 23.4. The van der Waals surface area contributed by atoms with Crippen LogP contribution in [-0.2, 0) is 18.4 Å². The van der Waals surface area contributed by atoms with Crippen molar-refractivity contribution in [3.63, 3.8) is 0 Å². The molecular formula is C45H94N2O6P+. The second kappa shape index (κ2) is 38.0. The minimum atomic E-state index is -4.29. The van der Waals surface area contributed by atoms with E-state index in [1.54, 1.807) is 0 Å². The summed E-state index contributed by atoms with van der Waals surface area (Å²) in [5.41, 5.74) is 0. The molecule has 0 saturated heterocycles. The van der Waals surface area contributed by atoms with Crippen LogP contribution in [-0.4, -0.2) is 73.4 Å². The summed E-state index contributed by atoms with van der Waals surface area (Å²) in [4.78, 5) is 22.9. The van der Waals surface area contributed by atoms with Crippen LogP contribution in [0.5, 0.6) is 0 Å². The molecule has 0 aliphatic carbocycles. The summed E-state index contributed by atoms with van der Waals surface area (Å²) < 4.78 is 23.4. The summed E-state index contributed by atoms with van der Waals surface area (Å²) in [7, 11) is 1.62. The smallest absolute Gasteiger partial charge is 0.391 e. The number of aliphatic hydroxyl groups excluding tert-OH is 1. The van der Waals surface area contributed by atoms with E-state index in [0.29, 0.717) is 23.9 Å². The van der Waals surface area contributed by atoms with Crippen LogP contribution in [0.1, 0.15) is 232 Å². The molecule has 0 saturated carbocycles. The van der Waals surface area contributed by atoms with Gasteiger partial charge in [-0.05, 0) is 12.8 Å². The Bertz CT molecular complexity index is 855. The molecule has 0 aromatic rings. The highest BCUT2D eigenvalue weighted by atomic mass is 31.2. The van der Waals surface area contributed by atoms with Crippen LogP contribution < -0.4 is 5.32 Å². The van der Waals surface area contributed by atoms with Crippen molar-refractivity contribution in [1.82, 2.24) is 5.32 Å². The summed E-state index contributed by atoms with van der Waals surface area (Å²) in [6, 6.07) is -0.750. The van der Waals surface area contributed by atoms with Gasteiger partial charge in [0.15, 0.2) is 0 Å². The summed E-state index contributed by atoms with van der Waals surface area (Å²) in [5.74, 6) is -0.148. The number of quaternary nitrogens is 1. The lowest BCUT2D eigenvalue weighted by Gasteiger charge is -2.26. The molecule has 3 N–H and O–H groups in total. The SMILES string of the molecule is CCCCCCCCCCCCCCCCCCCCCCCCCCCCCCC(=O)NC(COP(=O)(O)OCC[N+](C)(C)C)C(O)CCCCCC. The van der Waals surface area contributed by atoms with E-state index in [4.69, 9.17) is 9.05 Å². The third-order valence-corrected chi connectivity index (χ3v) is 11.8. The number of unbranched alkanes of at least 4 members (excludes halogenated alkanes) is 30. The first-order chi connectivity index (χ1) is 26.0. The van der Waals surface area contributed by atoms with Crippen LogP contribution in [0.15, 0.2) is 0 Å². The maximum atomic E-state index is 12.7. The zero-order valence-corrected chi connectivity index (χ0v) is 37.6. The van der Waals surface area contributed by atoms with Crippen molar-refractivity contribution in [1.29, 1.82) is 0 Å². The summed E-state index contributed by atoms with van der Waals surface area (Å²) in [5, 5.41) is 13.7. The Labute approximate surface area is 336 Å². The molecule has 324 valence electrons. The number of phosphoric acid groups is 1. The lowest BCUT2D eigenvalue weighted by molar-refractivity contribution is -0.870. The highest BCUT2D eigenvalue weighted by molar-refractivity contribution is 7.47. The van der Waals surface area contributed by atoms with Crippen molar-refractivity contribution in [2.24, 2.45) is 0 Å². The van der Waals surface area contributed by atoms with Gasteiger partial charge in [-0.1, -0.05) is 213 Å². The standard InChI is InChI=1S/C45H93N2O6P/c1-6-8-10-12-13-14-15-16-17-18-19-20-21-22-23-24-25-26-27-28-29-30-31-32-33-34-35-37-39-45(49)46-43(44(48)38-36-11-9-7-2)42-53-54(50,51)52-41-40-47(3,4)5/h43-44,48H,6-42H2,1-5H3,(H-,46,49,50,51)/p+1. The van der Waals surface area contributed by atoms with Gasteiger partial charge in [0.1, 0.15) is 13.2 Å². The average molecular weight is 790 g/mol. The highest BCUT2D eigenvalue weighted by Crippen LogP contribution is 2.43. The van der Waals surface area contributed by atoms with Crippen LogP contribution >= 0.6 is 7.82 Å². The molecule has 8 nitrogen and oxygen atoms in total. The largest absolute Gasteiger partial charge is 0.472 e. The van der Waals surface area contributed by atoms with E-state index in [1.807, 2.05) is 21.1 Å². The van der Waals surface area contributed by atoms with E-state index >= 15 is 0 Å². The first-order valence-corrected chi connectivity index (χ1v) is 24.9. The van der Waals surface area contributed by atoms with Crippen LogP contribution in [0.25, 0.3) is 0 Å². The second-order valence-electron chi connectivity index (χ2n) is 17.5. The maximum Gasteiger partial charge on any atom is 0.472 e. The van der Waals surface area contributed by atoms with E-state index in [9.17, 15) is 19.4 Å². The lowest BCUT2D eigenvalue weighted by Crippen LogP contribution is -2.46. The van der Waals surface area contributed by atoms with Gasteiger partial charge in [-0.15, -0.1) is 0 Å². The number of phosphoric ester groups is 1. The Morgan fingerprint density at radius 1 is 0.556 bits per heavy atom. The molecule has 0 aromatic heterocycles. The Balaban J connectivity index is 3.78. The quantitative estimate of drug-likeness (QED) is 0.0323. The predicted octanol–water partition coefficient (Wildman–Crippen LogP) is 13.0. The molecule has 0 heterocycles. The minimum Gasteiger partial charge on any atom is -0.391 e. The van der Waals surface area contributed by atoms with Gasteiger partial charge in [-0.3, -0.25) is 13.8 Å². The maximum absolute atomic E-state index is 12.7. The molecule has 3 atom stereocenters. The van der Waals surface area contributed by atoms with Gasteiger partial charge in [0.05, 0.1) is 39.9 Å². The predicted molar refractivity (Wildman–Crippen MR) is 231 cm³/mol.